The average Bonchev–Trinajstić information content (AvgIpc) is 2.40. The van der Waals surface area contributed by atoms with Crippen molar-refractivity contribution in [2.75, 3.05) is 5.32 Å². The summed E-state index contributed by atoms with van der Waals surface area (Å²) in [5.41, 5.74) is 3.55. The zero-order valence-corrected chi connectivity index (χ0v) is 12.6. The van der Waals surface area contributed by atoms with E-state index in [0.29, 0.717) is 0 Å². The summed E-state index contributed by atoms with van der Waals surface area (Å²) in [6.07, 6.45) is 1.07. The van der Waals surface area contributed by atoms with Gasteiger partial charge in [-0.2, -0.15) is 0 Å². The van der Waals surface area contributed by atoms with Gasteiger partial charge in [-0.25, -0.2) is 0 Å². The van der Waals surface area contributed by atoms with Crippen molar-refractivity contribution in [1.29, 1.82) is 0 Å². The zero-order chi connectivity index (χ0) is 13.0. The first-order valence-corrected chi connectivity index (χ1v) is 7.13. The lowest BCUT2D eigenvalue weighted by Gasteiger charge is -2.09. The number of benzene rings is 2. The van der Waals surface area contributed by atoms with Crippen LogP contribution in [0.1, 0.15) is 18.1 Å². The molecule has 0 aliphatic rings. The molecule has 2 aromatic rings. The molecule has 2 aromatic carbocycles. The lowest BCUT2D eigenvalue weighted by Crippen LogP contribution is -2.00. The third-order valence-electron chi connectivity index (χ3n) is 2.85. The highest BCUT2D eigenvalue weighted by molar-refractivity contribution is 9.10. The van der Waals surface area contributed by atoms with E-state index in [0.717, 1.165) is 33.7 Å². The molecule has 0 spiro atoms. The quantitative estimate of drug-likeness (QED) is 0.807. The second-order valence-corrected chi connectivity index (χ2v) is 5.46. The molecular formula is C15H15BrClN. The smallest absolute Gasteiger partial charge is 0.0456 e. The fourth-order valence-electron chi connectivity index (χ4n) is 1.73. The van der Waals surface area contributed by atoms with Crippen LogP contribution in [0.3, 0.4) is 0 Å². The van der Waals surface area contributed by atoms with Gasteiger partial charge in [0.15, 0.2) is 0 Å². The maximum atomic E-state index is 6.15. The average molecular weight is 325 g/mol. The van der Waals surface area contributed by atoms with E-state index < -0.39 is 0 Å². The summed E-state index contributed by atoms with van der Waals surface area (Å²) in [4.78, 5) is 0. The summed E-state index contributed by atoms with van der Waals surface area (Å²) in [6, 6.07) is 14.4. The molecule has 2 rings (SSSR count). The predicted molar refractivity (Wildman–Crippen MR) is 82.3 cm³/mol. The first-order valence-electron chi connectivity index (χ1n) is 5.96. The van der Waals surface area contributed by atoms with Gasteiger partial charge in [0.2, 0.25) is 0 Å². The van der Waals surface area contributed by atoms with Crippen molar-refractivity contribution >= 4 is 33.2 Å². The molecule has 94 valence electrons. The lowest BCUT2D eigenvalue weighted by molar-refractivity contribution is 1.12. The molecule has 0 saturated carbocycles. The molecule has 0 aliphatic heterocycles. The van der Waals surface area contributed by atoms with Gasteiger partial charge in [0.1, 0.15) is 0 Å². The van der Waals surface area contributed by atoms with Gasteiger partial charge >= 0.3 is 0 Å². The SMILES string of the molecule is CCc1ccc(NCc2cc(Br)ccc2Cl)cc1. The summed E-state index contributed by atoms with van der Waals surface area (Å²) in [7, 11) is 0. The van der Waals surface area contributed by atoms with E-state index in [2.05, 4.69) is 52.4 Å². The molecule has 0 heterocycles. The van der Waals surface area contributed by atoms with E-state index in [-0.39, 0.29) is 0 Å². The summed E-state index contributed by atoms with van der Waals surface area (Å²) in [6.45, 7) is 2.88. The van der Waals surface area contributed by atoms with Gasteiger partial charge in [0.05, 0.1) is 0 Å². The maximum absolute atomic E-state index is 6.15. The van der Waals surface area contributed by atoms with E-state index in [1.54, 1.807) is 0 Å². The molecular weight excluding hydrogens is 310 g/mol. The van der Waals surface area contributed by atoms with Crippen LogP contribution >= 0.6 is 27.5 Å². The number of halogens is 2. The second-order valence-electron chi connectivity index (χ2n) is 4.14. The van der Waals surface area contributed by atoms with Gasteiger partial charge in [0, 0.05) is 21.7 Å². The Bertz CT molecular complexity index is 523. The first kappa shape index (κ1) is 13.4. The standard InChI is InChI=1S/C15H15BrClN/c1-2-11-3-6-14(7-4-11)18-10-12-9-13(16)5-8-15(12)17/h3-9,18H,2,10H2,1H3. The normalized spacial score (nSPS) is 10.4. The number of rotatable bonds is 4. The number of nitrogens with one attached hydrogen (secondary N) is 1. The number of hydrogen-bond acceptors (Lipinski definition) is 1. The molecule has 0 saturated heterocycles. The molecule has 1 N–H and O–H groups in total. The molecule has 0 unspecified atom stereocenters. The Morgan fingerprint density at radius 3 is 2.50 bits per heavy atom. The Morgan fingerprint density at radius 1 is 1.11 bits per heavy atom. The Balaban J connectivity index is 2.04. The van der Waals surface area contributed by atoms with Crippen molar-refractivity contribution in [3.63, 3.8) is 0 Å². The minimum absolute atomic E-state index is 0.726. The molecule has 0 bridgehead atoms. The molecule has 0 fully saturated rings. The van der Waals surface area contributed by atoms with E-state index >= 15 is 0 Å². The van der Waals surface area contributed by atoms with Crippen LogP contribution in [0.25, 0.3) is 0 Å². The van der Waals surface area contributed by atoms with Crippen LogP contribution in [0.4, 0.5) is 5.69 Å². The first-order chi connectivity index (χ1) is 8.69. The highest BCUT2D eigenvalue weighted by Crippen LogP contribution is 2.22. The van der Waals surface area contributed by atoms with Crippen LogP contribution in [0.5, 0.6) is 0 Å². The predicted octanol–water partition coefficient (Wildman–Crippen LogP) is 5.28. The minimum Gasteiger partial charge on any atom is -0.381 e. The lowest BCUT2D eigenvalue weighted by atomic mass is 10.1. The van der Waals surface area contributed by atoms with Gasteiger partial charge in [-0.3, -0.25) is 0 Å². The van der Waals surface area contributed by atoms with Gasteiger partial charge < -0.3 is 5.32 Å². The summed E-state index contributed by atoms with van der Waals surface area (Å²) < 4.78 is 1.05. The Morgan fingerprint density at radius 2 is 1.83 bits per heavy atom. The third kappa shape index (κ3) is 3.50. The van der Waals surface area contributed by atoms with Gasteiger partial charge in [0.25, 0.3) is 0 Å². The van der Waals surface area contributed by atoms with Crippen molar-refractivity contribution in [2.24, 2.45) is 0 Å². The summed E-state index contributed by atoms with van der Waals surface area (Å²) in [5.74, 6) is 0. The Hall–Kier alpha value is -0.990. The largest absolute Gasteiger partial charge is 0.381 e. The van der Waals surface area contributed by atoms with E-state index in [9.17, 15) is 0 Å². The number of anilines is 1. The Labute approximate surface area is 121 Å². The minimum atomic E-state index is 0.726. The zero-order valence-electron chi connectivity index (χ0n) is 10.2. The van der Waals surface area contributed by atoms with Crippen molar-refractivity contribution in [3.8, 4) is 0 Å². The molecule has 18 heavy (non-hydrogen) atoms. The number of aryl methyl sites for hydroxylation is 1. The van der Waals surface area contributed by atoms with Crippen LogP contribution in [0.2, 0.25) is 5.02 Å². The van der Waals surface area contributed by atoms with Crippen LogP contribution in [0.15, 0.2) is 46.9 Å². The van der Waals surface area contributed by atoms with E-state index in [1.165, 1.54) is 5.56 Å². The number of hydrogen-bond donors (Lipinski definition) is 1. The van der Waals surface area contributed by atoms with Gasteiger partial charge in [-0.05, 0) is 47.9 Å². The van der Waals surface area contributed by atoms with Crippen LogP contribution < -0.4 is 5.32 Å². The highest BCUT2D eigenvalue weighted by Gasteiger charge is 2.01. The van der Waals surface area contributed by atoms with E-state index in [4.69, 9.17) is 11.6 Å². The molecule has 0 atom stereocenters. The monoisotopic (exact) mass is 323 g/mol. The molecule has 3 heteroatoms. The van der Waals surface area contributed by atoms with Crippen LogP contribution in [-0.2, 0) is 13.0 Å². The van der Waals surface area contributed by atoms with Crippen LogP contribution in [0, 0.1) is 0 Å². The fraction of sp³-hybridized carbons (Fsp3) is 0.200. The topological polar surface area (TPSA) is 12.0 Å². The Kier molecular flexibility index (Phi) is 4.67. The third-order valence-corrected chi connectivity index (χ3v) is 3.71. The summed E-state index contributed by atoms with van der Waals surface area (Å²) >= 11 is 9.60. The van der Waals surface area contributed by atoms with Crippen molar-refractivity contribution in [2.45, 2.75) is 19.9 Å². The maximum Gasteiger partial charge on any atom is 0.0456 e. The van der Waals surface area contributed by atoms with Crippen LogP contribution in [-0.4, -0.2) is 0 Å². The highest BCUT2D eigenvalue weighted by atomic mass is 79.9. The molecule has 0 amide bonds. The van der Waals surface area contributed by atoms with Gasteiger partial charge in [-0.1, -0.05) is 46.6 Å². The molecule has 0 radical (unpaired) electrons. The molecule has 0 aromatic heterocycles. The molecule has 0 aliphatic carbocycles. The van der Waals surface area contributed by atoms with E-state index in [1.807, 2.05) is 18.2 Å². The summed E-state index contributed by atoms with van der Waals surface area (Å²) in [5, 5.41) is 4.16. The van der Waals surface area contributed by atoms with Crippen molar-refractivity contribution in [1.82, 2.24) is 0 Å². The molecule has 1 nitrogen and oxygen atoms in total. The fourth-order valence-corrected chi connectivity index (χ4v) is 2.33. The van der Waals surface area contributed by atoms with Crippen molar-refractivity contribution < 1.29 is 0 Å². The van der Waals surface area contributed by atoms with Crippen molar-refractivity contribution in [3.05, 3.63) is 63.1 Å². The second kappa shape index (κ2) is 6.26. The van der Waals surface area contributed by atoms with Gasteiger partial charge in [-0.15, -0.1) is 0 Å².